The summed E-state index contributed by atoms with van der Waals surface area (Å²) >= 11 is 6.07. The van der Waals surface area contributed by atoms with Crippen LogP contribution in [-0.4, -0.2) is 5.79 Å². The van der Waals surface area contributed by atoms with Crippen LogP contribution in [0.15, 0.2) is 42.5 Å². The van der Waals surface area contributed by atoms with Crippen LogP contribution >= 0.6 is 11.6 Å². The number of para-hydroxylation sites is 1. The van der Waals surface area contributed by atoms with Crippen LogP contribution in [0.5, 0.6) is 23.0 Å². The van der Waals surface area contributed by atoms with Crippen LogP contribution in [0.3, 0.4) is 0 Å². The van der Waals surface area contributed by atoms with Gasteiger partial charge in [-0.1, -0.05) is 29.8 Å². The summed E-state index contributed by atoms with van der Waals surface area (Å²) in [6.07, 6.45) is 0. The van der Waals surface area contributed by atoms with E-state index in [0.717, 1.165) is 5.75 Å². The second-order valence-electron chi connectivity index (χ2n) is 4.75. The number of ether oxygens (including phenoxy) is 3. The van der Waals surface area contributed by atoms with Crippen molar-refractivity contribution >= 4 is 11.6 Å². The molecule has 0 aliphatic carbocycles. The third-order valence-corrected chi connectivity index (χ3v) is 2.88. The van der Waals surface area contributed by atoms with Crippen molar-refractivity contribution in [2.75, 3.05) is 0 Å². The summed E-state index contributed by atoms with van der Waals surface area (Å²) in [6, 6.07) is 12.9. The minimum absolute atomic E-state index is 0.547. The fourth-order valence-corrected chi connectivity index (χ4v) is 2.14. The molecule has 0 N–H and O–H groups in total. The van der Waals surface area contributed by atoms with Crippen LogP contribution in [0.2, 0.25) is 5.02 Å². The third-order valence-electron chi connectivity index (χ3n) is 2.66. The van der Waals surface area contributed by atoms with Crippen molar-refractivity contribution in [2.45, 2.75) is 19.6 Å². The number of hydrogen-bond acceptors (Lipinski definition) is 3. The SMILES string of the molecule is CC1(C)Oc2cc(Cl)cc(Oc3ccccc3)c2O1. The Bertz CT molecular complexity index is 608. The Morgan fingerprint density at radius 2 is 1.79 bits per heavy atom. The number of fused-ring (bicyclic) bond motifs is 1. The predicted octanol–water partition coefficient (Wildman–Crippen LogP) is 4.64. The molecule has 0 saturated carbocycles. The number of halogens is 1. The first kappa shape index (κ1) is 12.2. The van der Waals surface area contributed by atoms with Gasteiger partial charge in [-0.25, -0.2) is 0 Å². The molecule has 3 rings (SSSR count). The zero-order chi connectivity index (χ0) is 13.5. The van der Waals surface area contributed by atoms with E-state index in [2.05, 4.69) is 0 Å². The second kappa shape index (κ2) is 4.35. The fourth-order valence-electron chi connectivity index (χ4n) is 1.94. The van der Waals surface area contributed by atoms with E-state index in [1.54, 1.807) is 12.1 Å². The Morgan fingerprint density at radius 1 is 1.05 bits per heavy atom. The Labute approximate surface area is 116 Å². The molecule has 3 nitrogen and oxygen atoms in total. The first-order valence-corrected chi connectivity index (χ1v) is 6.36. The van der Waals surface area contributed by atoms with Gasteiger partial charge in [0.25, 0.3) is 0 Å². The molecule has 0 aromatic heterocycles. The van der Waals surface area contributed by atoms with Crippen LogP contribution < -0.4 is 14.2 Å². The van der Waals surface area contributed by atoms with Gasteiger partial charge in [-0.2, -0.15) is 0 Å². The molecule has 0 saturated heterocycles. The number of rotatable bonds is 2. The smallest absolute Gasteiger partial charge is 0.246 e. The van der Waals surface area contributed by atoms with Gasteiger partial charge in [0.1, 0.15) is 5.75 Å². The van der Waals surface area contributed by atoms with Gasteiger partial charge in [0.15, 0.2) is 11.5 Å². The van der Waals surface area contributed by atoms with Crippen molar-refractivity contribution in [3.05, 3.63) is 47.5 Å². The fraction of sp³-hybridized carbons (Fsp3) is 0.200. The molecule has 0 bridgehead atoms. The highest BCUT2D eigenvalue weighted by molar-refractivity contribution is 6.31. The van der Waals surface area contributed by atoms with Gasteiger partial charge in [0.05, 0.1) is 0 Å². The van der Waals surface area contributed by atoms with Crippen LogP contribution in [-0.2, 0) is 0 Å². The van der Waals surface area contributed by atoms with Gasteiger partial charge in [0.2, 0.25) is 11.5 Å². The van der Waals surface area contributed by atoms with E-state index in [4.69, 9.17) is 25.8 Å². The highest BCUT2D eigenvalue weighted by atomic mass is 35.5. The molecule has 1 aliphatic heterocycles. The minimum atomic E-state index is -0.707. The Balaban J connectivity index is 1.99. The Kier molecular flexibility index (Phi) is 2.79. The highest BCUT2D eigenvalue weighted by Gasteiger charge is 2.34. The lowest BCUT2D eigenvalue weighted by Crippen LogP contribution is -2.29. The van der Waals surface area contributed by atoms with Crippen molar-refractivity contribution < 1.29 is 14.2 Å². The molecular formula is C15H13ClO3. The first-order valence-electron chi connectivity index (χ1n) is 5.98. The molecule has 0 radical (unpaired) electrons. The van der Waals surface area contributed by atoms with Gasteiger partial charge in [-0.15, -0.1) is 0 Å². The van der Waals surface area contributed by atoms with E-state index >= 15 is 0 Å². The predicted molar refractivity (Wildman–Crippen MR) is 73.3 cm³/mol. The average Bonchev–Trinajstić information content (AvgIpc) is 2.65. The molecule has 0 spiro atoms. The van der Waals surface area contributed by atoms with Crippen LogP contribution in [0.25, 0.3) is 0 Å². The summed E-state index contributed by atoms with van der Waals surface area (Å²) in [4.78, 5) is 0. The molecule has 98 valence electrons. The maximum absolute atomic E-state index is 6.07. The molecule has 0 atom stereocenters. The summed E-state index contributed by atoms with van der Waals surface area (Å²) in [5, 5.41) is 0.547. The van der Waals surface area contributed by atoms with E-state index in [-0.39, 0.29) is 0 Å². The first-order chi connectivity index (χ1) is 9.03. The van der Waals surface area contributed by atoms with Gasteiger partial charge in [-0.3, -0.25) is 0 Å². The lowest BCUT2D eigenvalue weighted by atomic mass is 10.3. The molecule has 1 aliphatic rings. The van der Waals surface area contributed by atoms with Crippen LogP contribution in [0, 0.1) is 0 Å². The standard InChI is InChI=1S/C15H13ClO3/c1-15(2)18-13-9-10(16)8-12(14(13)19-15)17-11-6-4-3-5-7-11/h3-9H,1-2H3. The number of benzene rings is 2. The van der Waals surface area contributed by atoms with Crippen LogP contribution in [0.1, 0.15) is 13.8 Å². The maximum atomic E-state index is 6.07. The lowest BCUT2D eigenvalue weighted by Gasteiger charge is -2.16. The molecule has 1 heterocycles. The molecule has 0 fully saturated rings. The van der Waals surface area contributed by atoms with Gasteiger partial charge in [0, 0.05) is 31.0 Å². The molecule has 0 amide bonds. The van der Waals surface area contributed by atoms with E-state index in [9.17, 15) is 0 Å². The lowest BCUT2D eigenvalue weighted by molar-refractivity contribution is -0.0438. The monoisotopic (exact) mass is 276 g/mol. The summed E-state index contributed by atoms with van der Waals surface area (Å²) in [5.41, 5.74) is 0. The maximum Gasteiger partial charge on any atom is 0.246 e. The molecule has 2 aromatic carbocycles. The average molecular weight is 277 g/mol. The second-order valence-corrected chi connectivity index (χ2v) is 5.19. The van der Waals surface area contributed by atoms with Gasteiger partial charge >= 0.3 is 0 Å². The summed E-state index contributed by atoms with van der Waals surface area (Å²) in [7, 11) is 0. The summed E-state index contributed by atoms with van der Waals surface area (Å²) in [5.74, 6) is 1.75. The van der Waals surface area contributed by atoms with E-state index in [1.165, 1.54) is 0 Å². The topological polar surface area (TPSA) is 27.7 Å². The number of hydrogen-bond donors (Lipinski definition) is 0. The van der Waals surface area contributed by atoms with Crippen molar-refractivity contribution in [1.82, 2.24) is 0 Å². The van der Waals surface area contributed by atoms with E-state index < -0.39 is 5.79 Å². The zero-order valence-electron chi connectivity index (χ0n) is 10.6. The molecular weight excluding hydrogens is 264 g/mol. The van der Waals surface area contributed by atoms with Crippen LogP contribution in [0.4, 0.5) is 0 Å². The normalized spacial score (nSPS) is 15.3. The van der Waals surface area contributed by atoms with Gasteiger partial charge < -0.3 is 14.2 Å². The summed E-state index contributed by atoms with van der Waals surface area (Å²) in [6.45, 7) is 3.68. The Hall–Kier alpha value is -1.87. The molecule has 0 unspecified atom stereocenters. The van der Waals surface area contributed by atoms with Crippen molar-refractivity contribution in [3.63, 3.8) is 0 Å². The van der Waals surface area contributed by atoms with E-state index in [0.29, 0.717) is 22.3 Å². The van der Waals surface area contributed by atoms with Crippen molar-refractivity contribution in [3.8, 4) is 23.0 Å². The van der Waals surface area contributed by atoms with E-state index in [1.807, 2.05) is 44.2 Å². The quantitative estimate of drug-likeness (QED) is 0.800. The van der Waals surface area contributed by atoms with Crippen molar-refractivity contribution in [2.24, 2.45) is 0 Å². The van der Waals surface area contributed by atoms with Crippen molar-refractivity contribution in [1.29, 1.82) is 0 Å². The largest absolute Gasteiger partial charge is 0.453 e. The van der Waals surface area contributed by atoms with Gasteiger partial charge in [-0.05, 0) is 12.1 Å². The molecule has 4 heteroatoms. The Morgan fingerprint density at radius 3 is 2.53 bits per heavy atom. The minimum Gasteiger partial charge on any atom is -0.453 e. The third kappa shape index (κ3) is 2.47. The molecule has 19 heavy (non-hydrogen) atoms. The summed E-state index contributed by atoms with van der Waals surface area (Å²) < 4.78 is 17.2. The highest BCUT2D eigenvalue weighted by Crippen LogP contribution is 2.48. The molecule has 2 aromatic rings. The zero-order valence-corrected chi connectivity index (χ0v) is 11.4.